The smallest absolute Gasteiger partial charge is 0.273 e. The maximum Gasteiger partial charge on any atom is 0.273 e. The molecule has 0 atom stereocenters. The second kappa shape index (κ2) is 6.62. The fourth-order valence-electron chi connectivity index (χ4n) is 2.93. The Bertz CT molecular complexity index is 611. The monoisotopic (exact) mass is 321 g/mol. The van der Waals surface area contributed by atoms with E-state index in [4.69, 9.17) is 0 Å². The van der Waals surface area contributed by atoms with Crippen LogP contribution in [0.15, 0.2) is 18.2 Å². The van der Waals surface area contributed by atoms with E-state index in [-0.39, 0.29) is 11.5 Å². The van der Waals surface area contributed by atoms with Crippen molar-refractivity contribution < 1.29 is 14.1 Å². The summed E-state index contributed by atoms with van der Waals surface area (Å²) in [6, 6.07) is 3.45. The van der Waals surface area contributed by atoms with Gasteiger partial charge in [0.2, 0.25) is 0 Å². The topological polar surface area (TPSA) is 75.5 Å². The molecular weight excluding hydrogens is 301 g/mol. The number of rotatable bonds is 5. The summed E-state index contributed by atoms with van der Waals surface area (Å²) >= 11 is 0. The largest absolute Gasteiger partial charge is 0.339 e. The molecule has 0 bridgehead atoms. The highest BCUT2D eigenvalue weighted by Crippen LogP contribution is 2.28. The number of hydrogen-bond donors (Lipinski definition) is 1. The summed E-state index contributed by atoms with van der Waals surface area (Å²) in [5.41, 5.74) is -0.351. The number of nitrogens with zero attached hydrogens (tertiary/aromatic N) is 2. The first-order valence-corrected chi connectivity index (χ1v) is 8.00. The summed E-state index contributed by atoms with van der Waals surface area (Å²) in [6.45, 7) is 2.23. The van der Waals surface area contributed by atoms with Gasteiger partial charge in [-0.05, 0) is 44.2 Å². The van der Waals surface area contributed by atoms with Crippen LogP contribution in [0, 0.1) is 21.8 Å². The molecule has 1 N–H and O–H groups in total. The Labute approximate surface area is 133 Å². The Morgan fingerprint density at radius 3 is 2.57 bits per heavy atom. The lowest BCUT2D eigenvalue weighted by atomic mass is 10.0. The van der Waals surface area contributed by atoms with E-state index in [1.54, 1.807) is 4.90 Å². The molecule has 1 amide bonds. The highest BCUT2D eigenvalue weighted by Gasteiger charge is 2.27. The predicted octanol–water partition coefficient (Wildman–Crippen LogP) is 2.34. The Hall–Kier alpha value is -2.02. The molecule has 6 nitrogen and oxygen atoms in total. The normalized spacial score (nSPS) is 18.9. The molecule has 1 aliphatic carbocycles. The van der Waals surface area contributed by atoms with Crippen molar-refractivity contribution in [2.24, 2.45) is 5.92 Å². The Morgan fingerprint density at radius 2 is 1.96 bits per heavy atom. The first kappa shape index (κ1) is 15.9. The van der Waals surface area contributed by atoms with Crippen molar-refractivity contribution in [1.29, 1.82) is 0 Å². The number of hydrogen-bond acceptors (Lipinski definition) is 4. The minimum atomic E-state index is -0.761. The molecule has 1 saturated carbocycles. The second-order valence-electron chi connectivity index (χ2n) is 6.37. The van der Waals surface area contributed by atoms with Crippen LogP contribution in [-0.4, -0.2) is 41.4 Å². The van der Waals surface area contributed by atoms with Crippen molar-refractivity contribution in [3.8, 4) is 0 Å². The van der Waals surface area contributed by atoms with Gasteiger partial charge in [0.05, 0.1) is 11.0 Å². The van der Waals surface area contributed by atoms with Crippen molar-refractivity contribution in [2.45, 2.75) is 31.7 Å². The van der Waals surface area contributed by atoms with Gasteiger partial charge in [0.1, 0.15) is 5.82 Å². The average Bonchev–Trinajstić information content (AvgIpc) is 3.36. The van der Waals surface area contributed by atoms with Gasteiger partial charge in [-0.15, -0.1) is 0 Å². The van der Waals surface area contributed by atoms with E-state index in [9.17, 15) is 19.3 Å². The molecule has 1 aromatic rings. The summed E-state index contributed by atoms with van der Waals surface area (Å²) in [5, 5.41) is 14.3. The molecule has 23 heavy (non-hydrogen) atoms. The molecule has 1 heterocycles. The summed E-state index contributed by atoms with van der Waals surface area (Å²) in [7, 11) is 0. The van der Waals surface area contributed by atoms with Crippen LogP contribution in [0.4, 0.5) is 10.1 Å². The molecule has 0 radical (unpaired) electrons. The summed E-state index contributed by atoms with van der Waals surface area (Å²) in [5.74, 6) is -0.278. The van der Waals surface area contributed by atoms with Crippen molar-refractivity contribution in [2.75, 3.05) is 19.6 Å². The van der Waals surface area contributed by atoms with Crippen LogP contribution in [0.3, 0.4) is 0 Å². The molecule has 0 unspecified atom stereocenters. The number of nitro groups is 1. The number of piperidine rings is 1. The molecular formula is C16H20FN3O3. The van der Waals surface area contributed by atoms with Crippen LogP contribution in [0.1, 0.15) is 36.0 Å². The molecule has 0 aromatic heterocycles. The van der Waals surface area contributed by atoms with Gasteiger partial charge in [-0.2, -0.15) is 0 Å². The van der Waals surface area contributed by atoms with Gasteiger partial charge in [-0.1, -0.05) is 0 Å². The zero-order valence-corrected chi connectivity index (χ0v) is 12.8. The number of carbonyl (C=O) groups is 1. The van der Waals surface area contributed by atoms with Crippen LogP contribution in [0.2, 0.25) is 0 Å². The van der Waals surface area contributed by atoms with Gasteiger partial charge in [0, 0.05) is 30.8 Å². The highest BCUT2D eigenvalue weighted by atomic mass is 19.1. The second-order valence-corrected chi connectivity index (χ2v) is 6.37. The van der Waals surface area contributed by atoms with Gasteiger partial charge >= 0.3 is 0 Å². The first-order chi connectivity index (χ1) is 11.0. The number of amides is 1. The van der Waals surface area contributed by atoms with E-state index in [1.165, 1.54) is 12.8 Å². The van der Waals surface area contributed by atoms with E-state index in [2.05, 4.69) is 5.32 Å². The zero-order valence-electron chi connectivity index (χ0n) is 12.8. The third-order valence-corrected chi connectivity index (χ3v) is 4.51. The molecule has 1 aliphatic heterocycles. The van der Waals surface area contributed by atoms with Crippen LogP contribution < -0.4 is 5.32 Å². The van der Waals surface area contributed by atoms with E-state index >= 15 is 0 Å². The minimum absolute atomic E-state index is 0.0427. The Morgan fingerprint density at radius 1 is 1.26 bits per heavy atom. The van der Waals surface area contributed by atoms with E-state index in [0.717, 1.165) is 43.5 Å². The number of nitro benzene ring substituents is 1. The van der Waals surface area contributed by atoms with Crippen molar-refractivity contribution in [3.05, 3.63) is 39.7 Å². The van der Waals surface area contributed by atoms with Gasteiger partial charge < -0.3 is 10.2 Å². The van der Waals surface area contributed by atoms with Crippen molar-refractivity contribution in [3.63, 3.8) is 0 Å². The maximum atomic E-state index is 13.5. The lowest BCUT2D eigenvalue weighted by molar-refractivity contribution is -0.385. The molecule has 2 aliphatic rings. The third-order valence-electron chi connectivity index (χ3n) is 4.51. The number of non-ortho nitro benzene ring substituents is 1. The highest BCUT2D eigenvalue weighted by molar-refractivity contribution is 5.95. The summed E-state index contributed by atoms with van der Waals surface area (Å²) in [6.07, 6.45) is 4.33. The first-order valence-electron chi connectivity index (χ1n) is 8.00. The van der Waals surface area contributed by atoms with Crippen LogP contribution in [0.25, 0.3) is 0 Å². The van der Waals surface area contributed by atoms with E-state index in [0.29, 0.717) is 19.1 Å². The lowest BCUT2D eigenvalue weighted by Crippen LogP contribution is -2.45. The van der Waals surface area contributed by atoms with E-state index < -0.39 is 16.4 Å². The van der Waals surface area contributed by atoms with Gasteiger partial charge in [-0.25, -0.2) is 4.39 Å². The van der Waals surface area contributed by atoms with Gasteiger partial charge in [0.15, 0.2) is 0 Å². The Balaban J connectivity index is 1.59. The molecule has 0 spiro atoms. The maximum absolute atomic E-state index is 13.5. The minimum Gasteiger partial charge on any atom is -0.339 e. The number of halogens is 1. The quantitative estimate of drug-likeness (QED) is 0.667. The van der Waals surface area contributed by atoms with Crippen LogP contribution in [0.5, 0.6) is 0 Å². The van der Waals surface area contributed by atoms with Crippen molar-refractivity contribution >= 4 is 11.6 Å². The van der Waals surface area contributed by atoms with Crippen molar-refractivity contribution in [1.82, 2.24) is 10.2 Å². The fraction of sp³-hybridized carbons (Fsp3) is 0.562. The molecule has 7 heteroatoms. The Kier molecular flexibility index (Phi) is 4.56. The van der Waals surface area contributed by atoms with Gasteiger partial charge in [0.25, 0.3) is 11.6 Å². The molecule has 1 aromatic carbocycles. The number of carbonyl (C=O) groups excluding carboxylic acids is 1. The fourth-order valence-corrected chi connectivity index (χ4v) is 2.93. The summed E-state index contributed by atoms with van der Waals surface area (Å²) < 4.78 is 13.5. The van der Waals surface area contributed by atoms with Crippen LogP contribution >= 0.6 is 0 Å². The number of likely N-dealkylation sites (tertiary alicyclic amines) is 1. The molecule has 124 valence electrons. The third kappa shape index (κ3) is 4.04. The molecule has 1 saturated heterocycles. The van der Waals surface area contributed by atoms with E-state index in [1.807, 2.05) is 0 Å². The molecule has 3 rings (SSSR count). The van der Waals surface area contributed by atoms with Gasteiger partial charge in [-0.3, -0.25) is 14.9 Å². The van der Waals surface area contributed by atoms with Crippen LogP contribution in [-0.2, 0) is 0 Å². The number of nitrogens with one attached hydrogen (secondary N) is 1. The average molecular weight is 321 g/mol. The summed E-state index contributed by atoms with van der Waals surface area (Å²) in [4.78, 5) is 24.2. The number of benzene rings is 1. The SMILES string of the molecule is O=C(c1cc(F)cc([N+](=O)[O-])c1)N1CCC(NCC2CC2)CC1. The predicted molar refractivity (Wildman–Crippen MR) is 82.7 cm³/mol. The zero-order chi connectivity index (χ0) is 16.4. The molecule has 2 fully saturated rings. The lowest BCUT2D eigenvalue weighted by Gasteiger charge is -2.32. The standard InChI is InChI=1S/C16H20FN3O3/c17-13-7-12(8-15(9-13)20(22)23)16(21)19-5-3-14(4-6-19)18-10-11-1-2-11/h7-9,11,14,18H,1-6,10H2.